The number of benzene rings is 1. The first-order valence-corrected chi connectivity index (χ1v) is 8.12. The average Bonchev–Trinajstić information content (AvgIpc) is 3.12. The molecule has 0 saturated carbocycles. The summed E-state index contributed by atoms with van der Waals surface area (Å²) in [5.74, 6) is 0.689. The number of hydrogen-bond acceptors (Lipinski definition) is 3. The zero-order chi connectivity index (χ0) is 16.4. The van der Waals surface area contributed by atoms with E-state index in [1.807, 2.05) is 24.3 Å². The van der Waals surface area contributed by atoms with Gasteiger partial charge in [-0.2, -0.15) is 5.10 Å². The van der Waals surface area contributed by atoms with Gasteiger partial charge in [0.2, 0.25) is 5.91 Å². The fourth-order valence-electron chi connectivity index (χ4n) is 3.09. The molecule has 2 heterocycles. The van der Waals surface area contributed by atoms with Crippen molar-refractivity contribution in [2.45, 2.75) is 19.3 Å². The number of likely N-dealkylation sites (tertiary alicyclic amines) is 1. The summed E-state index contributed by atoms with van der Waals surface area (Å²) in [6.07, 6.45) is 6.17. The Morgan fingerprint density at radius 2 is 2.30 bits per heavy atom. The van der Waals surface area contributed by atoms with Crippen molar-refractivity contribution in [2.24, 2.45) is 13.0 Å². The molecule has 1 fully saturated rings. The standard InChI is InChI=1S/C17H20ClN3O2/c1-20-10-13(9-19-20)6-12-4-5-21(11-12)17(23)7-14-2-3-15(22)8-16(14)18/h2-3,8-10,12,22H,4-7,11H2,1H3. The third kappa shape index (κ3) is 3.85. The van der Waals surface area contributed by atoms with Crippen molar-refractivity contribution in [3.05, 3.63) is 46.7 Å². The van der Waals surface area contributed by atoms with Gasteiger partial charge in [0.15, 0.2) is 0 Å². The molecule has 1 aromatic heterocycles. The molecule has 1 atom stereocenters. The molecule has 1 unspecified atom stereocenters. The molecule has 2 aromatic rings. The van der Waals surface area contributed by atoms with Crippen LogP contribution in [0.1, 0.15) is 17.5 Å². The van der Waals surface area contributed by atoms with Crippen molar-refractivity contribution >= 4 is 17.5 Å². The second-order valence-corrected chi connectivity index (χ2v) is 6.58. The molecule has 122 valence electrons. The average molecular weight is 334 g/mol. The summed E-state index contributed by atoms with van der Waals surface area (Å²) in [5.41, 5.74) is 1.97. The number of phenolic OH excluding ortho intramolecular Hbond substituents is 1. The number of amides is 1. The van der Waals surface area contributed by atoms with Crippen LogP contribution >= 0.6 is 11.6 Å². The quantitative estimate of drug-likeness (QED) is 0.934. The molecular weight excluding hydrogens is 314 g/mol. The number of aromatic hydroxyl groups is 1. The summed E-state index contributed by atoms with van der Waals surface area (Å²) in [6.45, 7) is 1.57. The summed E-state index contributed by atoms with van der Waals surface area (Å²) in [5, 5.41) is 14.0. The molecule has 1 saturated heterocycles. The zero-order valence-electron chi connectivity index (χ0n) is 13.1. The number of hydrogen-bond donors (Lipinski definition) is 1. The van der Waals surface area contributed by atoms with Crippen molar-refractivity contribution < 1.29 is 9.90 Å². The van der Waals surface area contributed by atoms with E-state index >= 15 is 0 Å². The largest absolute Gasteiger partial charge is 0.508 e. The smallest absolute Gasteiger partial charge is 0.227 e. The van der Waals surface area contributed by atoms with Gasteiger partial charge in [-0.25, -0.2) is 0 Å². The minimum atomic E-state index is 0.0891. The lowest BCUT2D eigenvalue weighted by molar-refractivity contribution is -0.129. The lowest BCUT2D eigenvalue weighted by atomic mass is 10.0. The molecule has 0 radical (unpaired) electrons. The van der Waals surface area contributed by atoms with Gasteiger partial charge in [-0.1, -0.05) is 17.7 Å². The summed E-state index contributed by atoms with van der Waals surface area (Å²) < 4.78 is 1.81. The molecule has 0 spiro atoms. The Labute approximate surface area is 140 Å². The van der Waals surface area contributed by atoms with Gasteiger partial charge in [0.1, 0.15) is 5.75 Å². The van der Waals surface area contributed by atoms with Gasteiger partial charge < -0.3 is 10.0 Å². The highest BCUT2D eigenvalue weighted by atomic mass is 35.5. The van der Waals surface area contributed by atoms with Gasteiger partial charge in [-0.15, -0.1) is 0 Å². The van der Waals surface area contributed by atoms with Gasteiger partial charge in [0.05, 0.1) is 12.6 Å². The van der Waals surface area contributed by atoms with Gasteiger partial charge >= 0.3 is 0 Å². The Morgan fingerprint density at radius 1 is 1.48 bits per heavy atom. The van der Waals surface area contributed by atoms with Crippen molar-refractivity contribution in [1.82, 2.24) is 14.7 Å². The minimum Gasteiger partial charge on any atom is -0.508 e. The highest BCUT2D eigenvalue weighted by Gasteiger charge is 2.26. The molecule has 23 heavy (non-hydrogen) atoms. The Morgan fingerprint density at radius 3 is 3.00 bits per heavy atom. The number of rotatable bonds is 4. The van der Waals surface area contributed by atoms with Gasteiger partial charge in [-0.05, 0) is 42.0 Å². The maximum atomic E-state index is 12.4. The molecule has 1 aliphatic rings. The highest BCUT2D eigenvalue weighted by Crippen LogP contribution is 2.25. The van der Waals surface area contributed by atoms with E-state index in [0.29, 0.717) is 10.9 Å². The predicted molar refractivity (Wildman–Crippen MR) is 88.4 cm³/mol. The van der Waals surface area contributed by atoms with E-state index in [1.165, 1.54) is 11.6 Å². The fraction of sp³-hybridized carbons (Fsp3) is 0.412. The summed E-state index contributed by atoms with van der Waals surface area (Å²) in [7, 11) is 1.91. The topological polar surface area (TPSA) is 58.4 Å². The normalized spacial score (nSPS) is 17.7. The Kier molecular flexibility index (Phi) is 4.57. The van der Waals surface area contributed by atoms with E-state index in [4.69, 9.17) is 11.6 Å². The third-order valence-electron chi connectivity index (χ3n) is 4.30. The van der Waals surface area contributed by atoms with Gasteiger partial charge in [0, 0.05) is 31.4 Å². The minimum absolute atomic E-state index is 0.0891. The molecular formula is C17H20ClN3O2. The highest BCUT2D eigenvalue weighted by molar-refractivity contribution is 6.31. The number of aryl methyl sites for hydroxylation is 1. The predicted octanol–water partition coefficient (Wildman–Crippen LogP) is 2.41. The lowest BCUT2D eigenvalue weighted by Gasteiger charge is -2.17. The van der Waals surface area contributed by atoms with Crippen LogP contribution < -0.4 is 0 Å². The second-order valence-electron chi connectivity index (χ2n) is 6.17. The molecule has 1 N–H and O–H groups in total. The van der Waals surface area contributed by atoms with E-state index in [-0.39, 0.29) is 18.1 Å². The SMILES string of the molecule is Cn1cc(CC2CCN(C(=O)Cc3ccc(O)cc3Cl)C2)cn1. The van der Waals surface area contributed by atoms with Crippen LogP contribution in [0.4, 0.5) is 0 Å². The molecule has 1 aromatic carbocycles. The van der Waals surface area contributed by atoms with E-state index < -0.39 is 0 Å². The van der Waals surface area contributed by atoms with Crippen LogP contribution in [0.15, 0.2) is 30.6 Å². The van der Waals surface area contributed by atoms with Gasteiger partial charge in [-0.3, -0.25) is 9.48 Å². The van der Waals surface area contributed by atoms with Crippen LogP contribution in [0.2, 0.25) is 5.02 Å². The van der Waals surface area contributed by atoms with Crippen molar-refractivity contribution in [3.63, 3.8) is 0 Å². The van der Waals surface area contributed by atoms with Crippen molar-refractivity contribution in [1.29, 1.82) is 0 Å². The number of halogens is 1. The van der Waals surface area contributed by atoms with Crippen LogP contribution in [0.25, 0.3) is 0 Å². The Bertz CT molecular complexity index is 714. The van der Waals surface area contributed by atoms with Crippen molar-refractivity contribution in [3.8, 4) is 5.75 Å². The van der Waals surface area contributed by atoms with E-state index in [0.717, 1.165) is 31.5 Å². The van der Waals surface area contributed by atoms with Crippen LogP contribution in [0.3, 0.4) is 0 Å². The maximum absolute atomic E-state index is 12.4. The molecule has 3 rings (SSSR count). The van der Waals surface area contributed by atoms with E-state index in [2.05, 4.69) is 5.10 Å². The molecule has 6 heteroatoms. The molecule has 5 nitrogen and oxygen atoms in total. The lowest BCUT2D eigenvalue weighted by Crippen LogP contribution is -2.30. The molecule has 1 amide bonds. The first-order chi connectivity index (χ1) is 11.0. The molecule has 0 bridgehead atoms. The number of phenols is 1. The monoisotopic (exact) mass is 333 g/mol. The van der Waals surface area contributed by atoms with E-state index in [9.17, 15) is 9.90 Å². The van der Waals surface area contributed by atoms with Crippen LogP contribution in [0, 0.1) is 5.92 Å². The number of aromatic nitrogens is 2. The Balaban J connectivity index is 1.56. The molecule has 1 aliphatic heterocycles. The molecule has 0 aliphatic carbocycles. The van der Waals surface area contributed by atoms with Gasteiger partial charge in [0.25, 0.3) is 0 Å². The number of nitrogens with zero attached hydrogens (tertiary/aromatic N) is 3. The maximum Gasteiger partial charge on any atom is 0.227 e. The summed E-state index contributed by atoms with van der Waals surface area (Å²) >= 11 is 6.08. The Hall–Kier alpha value is -2.01. The van der Waals surface area contributed by atoms with Crippen LogP contribution in [0.5, 0.6) is 5.75 Å². The number of carbonyl (C=O) groups excluding carboxylic acids is 1. The van der Waals surface area contributed by atoms with Crippen LogP contribution in [-0.2, 0) is 24.7 Å². The zero-order valence-corrected chi connectivity index (χ0v) is 13.8. The number of carbonyl (C=O) groups is 1. The van der Waals surface area contributed by atoms with Crippen molar-refractivity contribution in [2.75, 3.05) is 13.1 Å². The second kappa shape index (κ2) is 6.62. The summed E-state index contributed by atoms with van der Waals surface area (Å²) in [4.78, 5) is 14.3. The third-order valence-corrected chi connectivity index (χ3v) is 4.65. The van der Waals surface area contributed by atoms with Crippen LogP contribution in [-0.4, -0.2) is 38.8 Å². The van der Waals surface area contributed by atoms with E-state index in [1.54, 1.807) is 16.8 Å². The fourth-order valence-corrected chi connectivity index (χ4v) is 3.33. The first kappa shape index (κ1) is 15.9. The summed E-state index contributed by atoms with van der Waals surface area (Å²) in [6, 6.07) is 4.74. The first-order valence-electron chi connectivity index (χ1n) is 7.74.